The highest BCUT2D eigenvalue weighted by Crippen LogP contribution is 2.35. The van der Waals surface area contributed by atoms with Crippen LogP contribution in [0.4, 0.5) is 10.5 Å². The fourth-order valence-electron chi connectivity index (χ4n) is 3.53. The van der Waals surface area contributed by atoms with Crippen molar-refractivity contribution in [2.75, 3.05) is 7.11 Å². The smallest absolute Gasteiger partial charge is 0.293 e. The number of para-hydroxylation sites is 1. The summed E-state index contributed by atoms with van der Waals surface area (Å²) in [6.07, 6.45) is 1.62. The van der Waals surface area contributed by atoms with Gasteiger partial charge < -0.3 is 9.47 Å². The average Bonchev–Trinajstić information content (AvgIpc) is 3.11. The predicted molar refractivity (Wildman–Crippen MR) is 133 cm³/mol. The van der Waals surface area contributed by atoms with Crippen molar-refractivity contribution in [1.82, 2.24) is 4.90 Å². The number of carbonyl (C=O) groups excluding carboxylic acids is 2. The standard InChI is InChI=1S/C26H22N2O6S/c1-17-7-9-18(10-8-17)15-27-25(29)24(35-26(27)30)14-19-11-12-22(33-2)23(13-19)34-16-20-5-3-4-6-21(20)28(31)32/h3-14H,15-16H2,1-2H3/b24-14-. The molecule has 0 aliphatic carbocycles. The number of hydrogen-bond acceptors (Lipinski definition) is 7. The van der Waals surface area contributed by atoms with E-state index >= 15 is 0 Å². The van der Waals surface area contributed by atoms with Crippen LogP contribution in [0.2, 0.25) is 0 Å². The molecule has 0 atom stereocenters. The van der Waals surface area contributed by atoms with Gasteiger partial charge in [-0.2, -0.15) is 0 Å². The molecule has 1 fully saturated rings. The largest absolute Gasteiger partial charge is 0.493 e. The summed E-state index contributed by atoms with van der Waals surface area (Å²) in [7, 11) is 1.49. The number of methoxy groups -OCH3 is 1. The summed E-state index contributed by atoms with van der Waals surface area (Å²) < 4.78 is 11.2. The molecule has 3 aromatic rings. The van der Waals surface area contributed by atoms with Crippen molar-refractivity contribution in [2.45, 2.75) is 20.1 Å². The molecule has 1 aliphatic rings. The van der Waals surface area contributed by atoms with Gasteiger partial charge in [0.1, 0.15) is 6.61 Å². The molecule has 0 N–H and O–H groups in total. The Balaban J connectivity index is 1.53. The Morgan fingerprint density at radius 2 is 1.77 bits per heavy atom. The number of thioether (sulfide) groups is 1. The maximum absolute atomic E-state index is 12.9. The third-order valence-electron chi connectivity index (χ3n) is 5.39. The molecule has 0 radical (unpaired) electrons. The van der Waals surface area contributed by atoms with E-state index in [1.165, 1.54) is 18.1 Å². The first-order valence-electron chi connectivity index (χ1n) is 10.7. The first kappa shape index (κ1) is 24.0. The zero-order valence-corrected chi connectivity index (χ0v) is 19.9. The van der Waals surface area contributed by atoms with E-state index in [2.05, 4.69) is 0 Å². The molecular weight excluding hydrogens is 468 g/mol. The number of benzene rings is 3. The number of rotatable bonds is 8. The Morgan fingerprint density at radius 1 is 1.03 bits per heavy atom. The molecule has 9 heteroatoms. The van der Waals surface area contributed by atoms with Crippen LogP contribution in [0.5, 0.6) is 11.5 Å². The lowest BCUT2D eigenvalue weighted by Gasteiger charge is -2.13. The molecule has 3 aromatic carbocycles. The average molecular weight is 491 g/mol. The van der Waals surface area contributed by atoms with E-state index < -0.39 is 4.92 Å². The third-order valence-corrected chi connectivity index (χ3v) is 6.30. The molecule has 35 heavy (non-hydrogen) atoms. The Bertz CT molecular complexity index is 1320. The van der Waals surface area contributed by atoms with Crippen molar-refractivity contribution in [3.63, 3.8) is 0 Å². The third kappa shape index (κ3) is 5.52. The van der Waals surface area contributed by atoms with Gasteiger partial charge in [0.2, 0.25) is 0 Å². The van der Waals surface area contributed by atoms with E-state index in [4.69, 9.17) is 9.47 Å². The van der Waals surface area contributed by atoms with Crippen LogP contribution in [0, 0.1) is 17.0 Å². The summed E-state index contributed by atoms with van der Waals surface area (Å²) in [5.41, 5.74) is 2.98. The molecule has 8 nitrogen and oxygen atoms in total. The lowest BCUT2D eigenvalue weighted by Crippen LogP contribution is -2.27. The van der Waals surface area contributed by atoms with Gasteiger partial charge in [-0.1, -0.05) is 48.0 Å². The highest BCUT2D eigenvalue weighted by atomic mass is 32.2. The van der Waals surface area contributed by atoms with Gasteiger partial charge in [-0.25, -0.2) is 0 Å². The molecule has 0 saturated carbocycles. The number of amides is 2. The minimum atomic E-state index is -0.459. The van der Waals surface area contributed by atoms with Crippen molar-refractivity contribution in [1.29, 1.82) is 0 Å². The van der Waals surface area contributed by atoms with Crippen LogP contribution < -0.4 is 9.47 Å². The van der Waals surface area contributed by atoms with Crippen molar-refractivity contribution < 1.29 is 24.0 Å². The predicted octanol–water partition coefficient (Wildman–Crippen LogP) is 5.73. The van der Waals surface area contributed by atoms with Gasteiger partial charge in [0.05, 0.1) is 29.0 Å². The van der Waals surface area contributed by atoms with Crippen LogP contribution >= 0.6 is 11.8 Å². The highest BCUT2D eigenvalue weighted by Gasteiger charge is 2.35. The fraction of sp³-hybridized carbons (Fsp3) is 0.154. The second-order valence-corrected chi connectivity index (χ2v) is 8.83. The number of ether oxygens (including phenoxy) is 2. The molecule has 1 saturated heterocycles. The van der Waals surface area contributed by atoms with Crippen LogP contribution in [0.25, 0.3) is 6.08 Å². The number of aryl methyl sites for hydroxylation is 1. The maximum atomic E-state index is 12.9. The van der Waals surface area contributed by atoms with Gasteiger partial charge in [0.25, 0.3) is 16.8 Å². The van der Waals surface area contributed by atoms with Crippen LogP contribution in [0.1, 0.15) is 22.3 Å². The molecular formula is C26H22N2O6S. The van der Waals surface area contributed by atoms with Crippen molar-refractivity contribution in [3.8, 4) is 11.5 Å². The van der Waals surface area contributed by atoms with Crippen LogP contribution in [0.15, 0.2) is 71.6 Å². The van der Waals surface area contributed by atoms with Crippen LogP contribution in [-0.2, 0) is 17.9 Å². The summed E-state index contributed by atoms with van der Waals surface area (Å²) in [6, 6.07) is 19.1. The number of imide groups is 1. The normalized spacial score (nSPS) is 14.5. The summed E-state index contributed by atoms with van der Waals surface area (Å²) in [4.78, 5) is 37.7. The van der Waals surface area contributed by atoms with Crippen molar-refractivity contribution in [2.24, 2.45) is 0 Å². The Morgan fingerprint density at radius 3 is 2.49 bits per heavy atom. The molecule has 2 amide bonds. The van der Waals surface area contributed by atoms with Gasteiger partial charge >= 0.3 is 0 Å². The molecule has 1 aliphatic heterocycles. The van der Waals surface area contributed by atoms with Gasteiger partial charge in [-0.3, -0.25) is 24.6 Å². The molecule has 0 bridgehead atoms. The van der Waals surface area contributed by atoms with Gasteiger partial charge in [0, 0.05) is 6.07 Å². The quantitative estimate of drug-likeness (QED) is 0.226. The number of nitro groups is 1. The van der Waals surface area contributed by atoms with Crippen molar-refractivity contribution in [3.05, 3.63) is 104 Å². The van der Waals surface area contributed by atoms with Gasteiger partial charge in [-0.05, 0) is 54.1 Å². The first-order valence-corrected chi connectivity index (χ1v) is 11.5. The van der Waals surface area contributed by atoms with Gasteiger partial charge in [0.15, 0.2) is 11.5 Å². The van der Waals surface area contributed by atoms with E-state index in [0.29, 0.717) is 27.5 Å². The van der Waals surface area contributed by atoms with Crippen molar-refractivity contribution >= 4 is 34.7 Å². The minimum absolute atomic E-state index is 0.0372. The van der Waals surface area contributed by atoms with E-state index in [-0.39, 0.29) is 30.0 Å². The first-order chi connectivity index (χ1) is 16.9. The van der Waals surface area contributed by atoms with E-state index in [1.54, 1.807) is 42.5 Å². The fourth-order valence-corrected chi connectivity index (χ4v) is 4.36. The topological polar surface area (TPSA) is 99.0 Å². The number of carbonyl (C=O) groups is 2. The molecule has 1 heterocycles. The van der Waals surface area contributed by atoms with Crippen LogP contribution in [-0.4, -0.2) is 28.1 Å². The zero-order valence-electron chi connectivity index (χ0n) is 19.1. The Hall–Kier alpha value is -4.11. The number of nitrogens with zero attached hydrogens (tertiary/aromatic N) is 2. The lowest BCUT2D eigenvalue weighted by molar-refractivity contribution is -0.385. The number of nitro benzene ring substituents is 1. The van der Waals surface area contributed by atoms with Crippen LogP contribution in [0.3, 0.4) is 0 Å². The minimum Gasteiger partial charge on any atom is -0.493 e. The summed E-state index contributed by atoms with van der Waals surface area (Å²) in [5, 5.41) is 10.9. The van der Waals surface area contributed by atoms with E-state index in [1.807, 2.05) is 31.2 Å². The summed E-state index contributed by atoms with van der Waals surface area (Å²) in [5.74, 6) is 0.435. The van der Waals surface area contributed by atoms with Gasteiger partial charge in [-0.15, -0.1) is 0 Å². The molecule has 0 spiro atoms. The lowest BCUT2D eigenvalue weighted by atomic mass is 10.1. The molecule has 0 aromatic heterocycles. The van der Waals surface area contributed by atoms with E-state index in [9.17, 15) is 19.7 Å². The Kier molecular flexibility index (Phi) is 7.17. The monoisotopic (exact) mass is 490 g/mol. The summed E-state index contributed by atoms with van der Waals surface area (Å²) >= 11 is 0.882. The Labute approximate surface area is 206 Å². The summed E-state index contributed by atoms with van der Waals surface area (Å²) in [6.45, 7) is 2.14. The second-order valence-electron chi connectivity index (χ2n) is 7.84. The molecule has 4 rings (SSSR count). The molecule has 178 valence electrons. The maximum Gasteiger partial charge on any atom is 0.293 e. The second kappa shape index (κ2) is 10.4. The van der Waals surface area contributed by atoms with E-state index in [0.717, 1.165) is 22.9 Å². The highest BCUT2D eigenvalue weighted by molar-refractivity contribution is 8.18. The number of hydrogen-bond donors (Lipinski definition) is 0. The zero-order chi connectivity index (χ0) is 24.9. The SMILES string of the molecule is COc1ccc(/C=C2\SC(=O)N(Cc3ccc(C)cc3)C2=O)cc1OCc1ccccc1[N+](=O)[O-]. The molecule has 0 unspecified atom stereocenters.